The molecule has 2 amide bonds. The summed E-state index contributed by atoms with van der Waals surface area (Å²) < 4.78 is 1.54. The molecule has 2 N–H and O–H groups in total. The molecule has 0 aliphatic heterocycles. The van der Waals surface area contributed by atoms with Crippen LogP contribution in [0, 0.1) is 0 Å². The summed E-state index contributed by atoms with van der Waals surface area (Å²) in [6.45, 7) is 3.74. The van der Waals surface area contributed by atoms with Crippen molar-refractivity contribution in [2.75, 3.05) is 5.75 Å². The molecule has 0 radical (unpaired) electrons. The lowest BCUT2D eigenvalue weighted by molar-refractivity contribution is -0.119. The highest BCUT2D eigenvalue weighted by Crippen LogP contribution is 2.22. The van der Waals surface area contributed by atoms with Gasteiger partial charge in [0.15, 0.2) is 5.16 Å². The quantitative estimate of drug-likeness (QED) is 0.364. The monoisotopic (exact) mass is 436 g/mol. The Balaban J connectivity index is 1.74. The number of hydrogen-bond donors (Lipinski definition) is 2. The average molecular weight is 437 g/mol. The predicted octanol–water partition coefficient (Wildman–Crippen LogP) is 3.25. The second-order valence-corrected chi connectivity index (χ2v) is 8.42. The van der Waals surface area contributed by atoms with Crippen molar-refractivity contribution < 1.29 is 9.59 Å². The molecular formula is C18H17ClN4O3S2. The Kier molecular flexibility index (Phi) is 6.38. The van der Waals surface area contributed by atoms with E-state index in [-0.39, 0.29) is 23.3 Å². The van der Waals surface area contributed by atoms with Gasteiger partial charge in [-0.15, -0.1) is 11.3 Å². The number of aromatic nitrogens is 2. The van der Waals surface area contributed by atoms with E-state index >= 15 is 0 Å². The average Bonchev–Trinajstić information content (AvgIpc) is 3.18. The Morgan fingerprint density at radius 3 is 2.75 bits per heavy atom. The first-order chi connectivity index (χ1) is 13.4. The molecule has 0 fully saturated rings. The third-order valence-corrected chi connectivity index (χ3v) is 5.80. The molecule has 2 heterocycles. The minimum atomic E-state index is -0.411. The predicted molar refractivity (Wildman–Crippen MR) is 112 cm³/mol. The number of halogens is 1. The van der Waals surface area contributed by atoms with Crippen molar-refractivity contribution in [3.8, 4) is 0 Å². The Hall–Kier alpha value is -2.36. The number of carbonyl (C=O) groups is 2. The summed E-state index contributed by atoms with van der Waals surface area (Å²) in [6.07, 6.45) is 0. The number of thiophene rings is 1. The smallest absolute Gasteiger partial charge is 0.279 e. The van der Waals surface area contributed by atoms with Crippen LogP contribution in [-0.2, 0) is 4.79 Å². The highest BCUT2D eigenvalue weighted by molar-refractivity contribution is 7.99. The summed E-state index contributed by atoms with van der Waals surface area (Å²) >= 11 is 8.40. The maximum atomic E-state index is 12.8. The van der Waals surface area contributed by atoms with Crippen LogP contribution in [0.2, 0.25) is 5.02 Å². The number of carbonyl (C=O) groups excluding carboxylic acids is 2. The third kappa shape index (κ3) is 4.54. The van der Waals surface area contributed by atoms with Gasteiger partial charge in [0.2, 0.25) is 5.91 Å². The normalized spacial score (nSPS) is 11.0. The number of amides is 2. The van der Waals surface area contributed by atoms with Crippen LogP contribution in [0.4, 0.5) is 0 Å². The molecule has 0 aliphatic carbocycles. The van der Waals surface area contributed by atoms with Crippen LogP contribution in [0.25, 0.3) is 10.9 Å². The van der Waals surface area contributed by atoms with Crippen LogP contribution in [0.5, 0.6) is 0 Å². The topological polar surface area (TPSA) is 93.1 Å². The number of nitrogens with one attached hydrogen (secondary N) is 2. The van der Waals surface area contributed by atoms with Crippen LogP contribution >= 0.6 is 34.7 Å². The van der Waals surface area contributed by atoms with Crippen molar-refractivity contribution in [3.63, 3.8) is 0 Å². The number of benzene rings is 1. The largest absolute Gasteiger partial charge is 0.285 e. The van der Waals surface area contributed by atoms with Gasteiger partial charge in [-0.3, -0.25) is 29.8 Å². The van der Waals surface area contributed by atoms with Crippen molar-refractivity contribution in [2.45, 2.75) is 25.0 Å². The Morgan fingerprint density at radius 2 is 2.07 bits per heavy atom. The zero-order valence-corrected chi connectivity index (χ0v) is 17.5. The van der Waals surface area contributed by atoms with E-state index in [1.807, 2.05) is 13.8 Å². The molecule has 3 aromatic rings. The lowest BCUT2D eigenvalue weighted by Crippen LogP contribution is -2.42. The van der Waals surface area contributed by atoms with Gasteiger partial charge in [-0.1, -0.05) is 29.4 Å². The van der Waals surface area contributed by atoms with E-state index < -0.39 is 5.91 Å². The molecule has 2 aromatic heterocycles. The zero-order valence-electron chi connectivity index (χ0n) is 15.1. The number of hydrazine groups is 1. The molecule has 0 saturated heterocycles. The highest BCUT2D eigenvalue weighted by Gasteiger charge is 2.16. The summed E-state index contributed by atoms with van der Waals surface area (Å²) in [5.74, 6) is -0.813. The standard InChI is InChI=1S/C18H17ClN4O3S2/c1-10(2)23-17(26)12-6-5-11(19)8-13(12)20-18(23)28-9-15(24)21-22-16(25)14-4-3-7-27-14/h3-8,10H,9H2,1-2H3,(H,21,24)(H,22,25). The summed E-state index contributed by atoms with van der Waals surface area (Å²) in [7, 11) is 0. The summed E-state index contributed by atoms with van der Waals surface area (Å²) in [6, 6.07) is 8.19. The second-order valence-electron chi connectivity index (χ2n) is 6.09. The lowest BCUT2D eigenvalue weighted by atomic mass is 10.2. The molecule has 0 saturated carbocycles. The second kappa shape index (κ2) is 8.76. The highest BCUT2D eigenvalue weighted by atomic mass is 35.5. The molecule has 0 aliphatic rings. The van der Waals surface area contributed by atoms with Gasteiger partial charge in [-0.25, -0.2) is 4.98 Å². The van der Waals surface area contributed by atoms with E-state index in [2.05, 4.69) is 15.8 Å². The maximum absolute atomic E-state index is 12.8. The van der Waals surface area contributed by atoms with Gasteiger partial charge in [0.05, 0.1) is 21.5 Å². The number of hydrogen-bond acceptors (Lipinski definition) is 6. The molecule has 28 heavy (non-hydrogen) atoms. The molecule has 0 spiro atoms. The fourth-order valence-electron chi connectivity index (χ4n) is 2.47. The molecule has 10 heteroatoms. The molecule has 3 rings (SSSR count). The molecule has 0 atom stereocenters. The molecule has 0 unspecified atom stereocenters. The van der Waals surface area contributed by atoms with E-state index in [1.54, 1.807) is 40.3 Å². The van der Waals surface area contributed by atoms with Crippen LogP contribution in [0.3, 0.4) is 0 Å². The van der Waals surface area contributed by atoms with Crippen molar-refractivity contribution in [1.82, 2.24) is 20.4 Å². The van der Waals surface area contributed by atoms with Crippen LogP contribution < -0.4 is 16.4 Å². The van der Waals surface area contributed by atoms with Crippen molar-refractivity contribution in [2.24, 2.45) is 0 Å². The van der Waals surface area contributed by atoms with Gasteiger partial charge >= 0.3 is 0 Å². The summed E-state index contributed by atoms with van der Waals surface area (Å²) in [4.78, 5) is 41.8. The van der Waals surface area contributed by atoms with Gasteiger partial charge in [0, 0.05) is 11.1 Å². The first kappa shape index (κ1) is 20.4. The van der Waals surface area contributed by atoms with E-state index in [9.17, 15) is 14.4 Å². The third-order valence-electron chi connectivity index (χ3n) is 3.74. The summed E-state index contributed by atoms with van der Waals surface area (Å²) in [5.41, 5.74) is 5.01. The zero-order chi connectivity index (χ0) is 20.3. The fourth-order valence-corrected chi connectivity index (χ4v) is 4.18. The van der Waals surface area contributed by atoms with Gasteiger partial charge in [0.1, 0.15) is 0 Å². The van der Waals surface area contributed by atoms with Gasteiger partial charge < -0.3 is 0 Å². The van der Waals surface area contributed by atoms with Gasteiger partial charge in [0.25, 0.3) is 11.5 Å². The van der Waals surface area contributed by atoms with E-state index in [4.69, 9.17) is 11.6 Å². The Bertz CT molecular complexity index is 1080. The number of nitrogens with zero attached hydrogens (tertiary/aromatic N) is 2. The number of fused-ring (bicyclic) bond motifs is 1. The maximum Gasteiger partial charge on any atom is 0.279 e. The Morgan fingerprint density at radius 1 is 1.29 bits per heavy atom. The first-order valence-electron chi connectivity index (χ1n) is 8.34. The van der Waals surface area contributed by atoms with Crippen LogP contribution in [-0.4, -0.2) is 27.1 Å². The summed E-state index contributed by atoms with van der Waals surface area (Å²) in [5, 5.41) is 3.13. The van der Waals surface area contributed by atoms with Gasteiger partial charge in [-0.2, -0.15) is 0 Å². The first-order valence-corrected chi connectivity index (χ1v) is 10.6. The number of rotatable bonds is 5. The molecule has 146 valence electrons. The minimum absolute atomic E-state index is 0.0179. The molecule has 0 bridgehead atoms. The van der Waals surface area contributed by atoms with Crippen molar-refractivity contribution in [1.29, 1.82) is 0 Å². The van der Waals surface area contributed by atoms with Crippen LogP contribution in [0.1, 0.15) is 29.6 Å². The van der Waals surface area contributed by atoms with E-state index in [1.165, 1.54) is 11.3 Å². The molecule has 7 nitrogen and oxygen atoms in total. The van der Waals surface area contributed by atoms with E-state index in [0.717, 1.165) is 11.8 Å². The SMILES string of the molecule is CC(C)n1c(SCC(=O)NNC(=O)c2cccs2)nc2cc(Cl)ccc2c1=O. The molecular weight excluding hydrogens is 420 g/mol. The van der Waals surface area contributed by atoms with Crippen molar-refractivity contribution >= 4 is 57.4 Å². The van der Waals surface area contributed by atoms with E-state index in [0.29, 0.717) is 26.0 Å². The van der Waals surface area contributed by atoms with Crippen molar-refractivity contribution in [3.05, 3.63) is 56.0 Å². The minimum Gasteiger partial charge on any atom is -0.285 e. The number of thioether (sulfide) groups is 1. The molecule has 1 aromatic carbocycles. The lowest BCUT2D eigenvalue weighted by Gasteiger charge is -2.16. The van der Waals surface area contributed by atoms with Crippen LogP contribution in [0.15, 0.2) is 45.7 Å². The Labute approximate surface area is 174 Å². The fraction of sp³-hybridized carbons (Fsp3) is 0.222. The van der Waals surface area contributed by atoms with Gasteiger partial charge in [-0.05, 0) is 43.5 Å².